The minimum Gasteiger partial charge on any atom is -0.353 e. The minimum atomic E-state index is -0.118. The van der Waals surface area contributed by atoms with E-state index in [0.717, 1.165) is 13.1 Å². The second kappa shape index (κ2) is 3.97. The Hall–Kier alpha value is -0.120. The molecule has 0 saturated carbocycles. The van der Waals surface area contributed by atoms with Gasteiger partial charge in [0.15, 0.2) is 0 Å². The normalized spacial score (nSPS) is 39.8. The Morgan fingerprint density at radius 1 is 1.31 bits per heavy atom. The second-order valence-corrected chi connectivity index (χ2v) is 6.40. The molecule has 3 heteroatoms. The predicted octanol–water partition coefficient (Wildman–Crippen LogP) is 1.83. The Morgan fingerprint density at radius 3 is 2.44 bits per heavy atom. The van der Waals surface area contributed by atoms with Crippen LogP contribution in [0.15, 0.2) is 0 Å². The van der Waals surface area contributed by atoms with E-state index in [-0.39, 0.29) is 11.3 Å². The summed E-state index contributed by atoms with van der Waals surface area (Å²) in [6, 6.07) is 0.656. The first-order chi connectivity index (χ1) is 7.32. The fourth-order valence-electron chi connectivity index (χ4n) is 2.97. The van der Waals surface area contributed by atoms with Crippen molar-refractivity contribution in [2.24, 2.45) is 5.92 Å². The molecule has 3 nitrogen and oxygen atoms in total. The van der Waals surface area contributed by atoms with E-state index in [1.165, 1.54) is 13.0 Å². The number of hydrogen-bond donors (Lipinski definition) is 1. The van der Waals surface area contributed by atoms with Crippen molar-refractivity contribution in [3.8, 4) is 0 Å². The lowest BCUT2D eigenvalue weighted by Gasteiger charge is -2.33. The Kier molecular flexibility index (Phi) is 3.06. The highest BCUT2D eigenvalue weighted by atomic mass is 16.5. The van der Waals surface area contributed by atoms with Gasteiger partial charge in [0.05, 0.1) is 5.60 Å². The zero-order valence-electron chi connectivity index (χ0n) is 11.3. The second-order valence-electron chi connectivity index (χ2n) is 6.40. The smallest absolute Gasteiger partial charge is 0.121 e. The molecule has 0 aliphatic carbocycles. The maximum atomic E-state index is 6.21. The maximum absolute atomic E-state index is 6.21. The van der Waals surface area contributed by atoms with E-state index >= 15 is 0 Å². The lowest BCUT2D eigenvalue weighted by molar-refractivity contribution is -0.110. The summed E-state index contributed by atoms with van der Waals surface area (Å²) in [5.74, 6) is 0.622. The third-order valence-electron chi connectivity index (χ3n) is 4.08. The standard InChI is InChI=1S/C13H26N2O/c1-10(2)15-7-6-11(8-15)13(5)14-9-12(3,4)16-13/h10-11,14H,6-9H2,1-5H3. The van der Waals surface area contributed by atoms with Gasteiger partial charge < -0.3 is 9.64 Å². The van der Waals surface area contributed by atoms with Gasteiger partial charge >= 0.3 is 0 Å². The number of hydrogen-bond acceptors (Lipinski definition) is 3. The molecule has 2 aliphatic rings. The van der Waals surface area contributed by atoms with E-state index in [2.05, 4.69) is 44.8 Å². The van der Waals surface area contributed by atoms with Gasteiger partial charge in [-0.05, 0) is 47.6 Å². The van der Waals surface area contributed by atoms with Gasteiger partial charge in [-0.1, -0.05) is 0 Å². The van der Waals surface area contributed by atoms with E-state index in [0.29, 0.717) is 12.0 Å². The van der Waals surface area contributed by atoms with Crippen molar-refractivity contribution in [2.45, 2.75) is 58.4 Å². The van der Waals surface area contributed by atoms with Gasteiger partial charge in [0, 0.05) is 25.0 Å². The molecule has 0 aromatic rings. The molecule has 0 aromatic heterocycles. The first kappa shape index (κ1) is 12.3. The lowest BCUT2D eigenvalue weighted by Crippen LogP contribution is -2.47. The molecule has 94 valence electrons. The summed E-state index contributed by atoms with van der Waals surface area (Å²) >= 11 is 0. The number of rotatable bonds is 2. The van der Waals surface area contributed by atoms with Gasteiger partial charge in [-0.3, -0.25) is 5.32 Å². The van der Waals surface area contributed by atoms with E-state index in [1.807, 2.05) is 0 Å². The van der Waals surface area contributed by atoms with Gasteiger partial charge in [0.25, 0.3) is 0 Å². The van der Waals surface area contributed by atoms with Crippen LogP contribution in [0.5, 0.6) is 0 Å². The van der Waals surface area contributed by atoms with Gasteiger partial charge in [-0.25, -0.2) is 0 Å². The Bertz CT molecular complexity index is 265. The zero-order chi connectivity index (χ0) is 12.0. The van der Waals surface area contributed by atoms with Crippen molar-refractivity contribution in [1.29, 1.82) is 0 Å². The van der Waals surface area contributed by atoms with Crippen molar-refractivity contribution in [3.05, 3.63) is 0 Å². The molecular weight excluding hydrogens is 200 g/mol. The van der Waals surface area contributed by atoms with Crippen molar-refractivity contribution < 1.29 is 4.74 Å². The maximum Gasteiger partial charge on any atom is 0.121 e. The summed E-state index contributed by atoms with van der Waals surface area (Å²) in [6.45, 7) is 14.4. The lowest BCUT2D eigenvalue weighted by atomic mass is 9.97. The largest absolute Gasteiger partial charge is 0.353 e. The van der Waals surface area contributed by atoms with E-state index in [9.17, 15) is 0 Å². The van der Waals surface area contributed by atoms with Crippen molar-refractivity contribution in [2.75, 3.05) is 19.6 Å². The summed E-state index contributed by atoms with van der Waals surface area (Å²) in [6.07, 6.45) is 1.25. The van der Waals surface area contributed by atoms with Crippen LogP contribution in [0.4, 0.5) is 0 Å². The molecule has 2 rings (SSSR count). The quantitative estimate of drug-likeness (QED) is 0.777. The molecule has 2 heterocycles. The van der Waals surface area contributed by atoms with Gasteiger partial charge in [0.2, 0.25) is 0 Å². The van der Waals surface area contributed by atoms with Crippen molar-refractivity contribution >= 4 is 0 Å². The molecular formula is C13H26N2O. The number of nitrogens with one attached hydrogen (secondary N) is 1. The Labute approximate surface area is 99.5 Å². The highest BCUT2D eigenvalue weighted by Crippen LogP contribution is 2.36. The van der Waals surface area contributed by atoms with E-state index in [4.69, 9.17) is 4.74 Å². The van der Waals surface area contributed by atoms with Crippen LogP contribution in [0, 0.1) is 5.92 Å². The fraction of sp³-hybridized carbons (Fsp3) is 1.00. The van der Waals surface area contributed by atoms with E-state index < -0.39 is 0 Å². The molecule has 0 bridgehead atoms. The van der Waals surface area contributed by atoms with Crippen LogP contribution in [0.1, 0.15) is 41.0 Å². The van der Waals surface area contributed by atoms with Crippen molar-refractivity contribution in [3.63, 3.8) is 0 Å². The van der Waals surface area contributed by atoms with Crippen LogP contribution >= 0.6 is 0 Å². The molecule has 2 aliphatic heterocycles. The van der Waals surface area contributed by atoms with Crippen molar-refractivity contribution in [1.82, 2.24) is 10.2 Å². The average molecular weight is 226 g/mol. The zero-order valence-corrected chi connectivity index (χ0v) is 11.3. The Balaban J connectivity index is 1.99. The highest BCUT2D eigenvalue weighted by Gasteiger charge is 2.47. The summed E-state index contributed by atoms with van der Waals surface area (Å²) in [5.41, 5.74) is -0.132. The monoisotopic (exact) mass is 226 g/mol. The first-order valence-corrected chi connectivity index (χ1v) is 6.52. The van der Waals surface area contributed by atoms with Crippen LogP contribution in [0.3, 0.4) is 0 Å². The molecule has 2 unspecified atom stereocenters. The predicted molar refractivity (Wildman–Crippen MR) is 66.4 cm³/mol. The van der Waals surface area contributed by atoms with Crippen LogP contribution < -0.4 is 5.32 Å². The molecule has 0 spiro atoms. The number of likely N-dealkylation sites (tertiary alicyclic amines) is 1. The topological polar surface area (TPSA) is 24.5 Å². The van der Waals surface area contributed by atoms with Crippen LogP contribution in [0.25, 0.3) is 0 Å². The van der Waals surface area contributed by atoms with Gasteiger partial charge in [-0.15, -0.1) is 0 Å². The summed E-state index contributed by atoms with van der Waals surface area (Å²) < 4.78 is 6.21. The summed E-state index contributed by atoms with van der Waals surface area (Å²) in [7, 11) is 0. The molecule has 2 fully saturated rings. The molecule has 0 amide bonds. The Morgan fingerprint density at radius 2 is 2.00 bits per heavy atom. The number of nitrogens with zero attached hydrogens (tertiary/aromatic N) is 1. The average Bonchev–Trinajstić information content (AvgIpc) is 2.71. The minimum absolute atomic E-state index is 0.0139. The molecule has 0 radical (unpaired) electrons. The fourth-order valence-corrected chi connectivity index (χ4v) is 2.97. The van der Waals surface area contributed by atoms with Gasteiger partial charge in [0.1, 0.15) is 5.72 Å². The molecule has 0 aromatic carbocycles. The van der Waals surface area contributed by atoms with Crippen LogP contribution in [-0.4, -0.2) is 41.9 Å². The highest BCUT2D eigenvalue weighted by molar-refractivity contribution is 4.97. The third kappa shape index (κ3) is 2.27. The summed E-state index contributed by atoms with van der Waals surface area (Å²) in [4.78, 5) is 2.55. The molecule has 1 N–H and O–H groups in total. The van der Waals surface area contributed by atoms with Gasteiger partial charge in [-0.2, -0.15) is 0 Å². The SMILES string of the molecule is CC(C)N1CCC(C2(C)NCC(C)(C)O2)C1. The van der Waals surface area contributed by atoms with Crippen LogP contribution in [-0.2, 0) is 4.74 Å². The summed E-state index contributed by atoms with van der Waals surface area (Å²) in [5, 5.41) is 3.58. The molecule has 2 atom stereocenters. The van der Waals surface area contributed by atoms with Crippen LogP contribution in [0.2, 0.25) is 0 Å². The number of ether oxygens (including phenoxy) is 1. The molecule has 2 saturated heterocycles. The first-order valence-electron chi connectivity index (χ1n) is 6.52. The third-order valence-corrected chi connectivity index (χ3v) is 4.08. The molecule has 16 heavy (non-hydrogen) atoms. The van der Waals surface area contributed by atoms with E-state index in [1.54, 1.807) is 0 Å².